The van der Waals surface area contributed by atoms with E-state index in [2.05, 4.69) is 48.9 Å². The molecule has 4 N–H and O–H groups in total. The first kappa shape index (κ1) is 38.6. The van der Waals surface area contributed by atoms with E-state index in [9.17, 15) is 19.2 Å². The summed E-state index contributed by atoms with van der Waals surface area (Å²) in [6, 6.07) is 6.40. The summed E-state index contributed by atoms with van der Waals surface area (Å²) in [5.74, 6) is 0.892. The minimum Gasteiger partial charge on any atom is -0.453 e. The largest absolute Gasteiger partial charge is 0.453 e. The SMILES string of the molecule is COC(=O)N[C@H](C(=O)N1CCCC1c1ncc(-c2cn3cc(-c4ccc(-c5cnc([C@@H]6CCCN6C(=O)[C@@H](NC(=O)OC)C(C)C)[nH]5)cc4)sc3n2)[nH]1)C(C)C. The van der Waals surface area contributed by atoms with E-state index in [1.54, 1.807) is 33.5 Å². The van der Waals surface area contributed by atoms with E-state index in [0.717, 1.165) is 69.6 Å². The minimum absolute atomic E-state index is 0.107. The summed E-state index contributed by atoms with van der Waals surface area (Å²) >= 11 is 1.58. The number of H-pyrrole nitrogens is 2. The monoisotopic (exact) mass is 784 g/mol. The summed E-state index contributed by atoms with van der Waals surface area (Å²) < 4.78 is 11.5. The van der Waals surface area contributed by atoms with Crippen LogP contribution in [0.3, 0.4) is 0 Å². The number of hydrogen-bond donors (Lipinski definition) is 4. The highest BCUT2D eigenvalue weighted by molar-refractivity contribution is 7.20. The minimum atomic E-state index is -0.699. The maximum Gasteiger partial charge on any atom is 0.407 e. The average Bonchev–Trinajstić information content (AvgIpc) is 4.04. The fraction of sp³-hybridized carbons (Fsp3) is 0.462. The van der Waals surface area contributed by atoms with E-state index in [0.29, 0.717) is 18.9 Å². The van der Waals surface area contributed by atoms with E-state index < -0.39 is 24.3 Å². The van der Waals surface area contributed by atoms with Crippen LogP contribution in [0.2, 0.25) is 0 Å². The number of hydrogen-bond acceptors (Lipinski definition) is 10. The molecule has 2 saturated heterocycles. The zero-order chi connectivity index (χ0) is 39.7. The van der Waals surface area contributed by atoms with Crippen molar-refractivity contribution in [1.29, 1.82) is 0 Å². The van der Waals surface area contributed by atoms with Crippen molar-refractivity contribution in [3.8, 4) is 33.1 Å². The Morgan fingerprint density at radius 1 is 0.750 bits per heavy atom. The van der Waals surface area contributed by atoms with Gasteiger partial charge in [0.2, 0.25) is 11.8 Å². The normalized spacial score (nSPS) is 18.1. The van der Waals surface area contributed by atoms with Crippen LogP contribution < -0.4 is 10.6 Å². The van der Waals surface area contributed by atoms with Crippen molar-refractivity contribution < 1.29 is 28.7 Å². The molecule has 17 heteroatoms. The number of alkyl carbamates (subject to hydrolysis) is 2. The Balaban J connectivity index is 1.02. The number of fused-ring (bicyclic) bond motifs is 1. The molecule has 0 aliphatic carbocycles. The number of carbonyl (C=O) groups excluding carboxylic acids is 4. The number of benzene rings is 1. The van der Waals surface area contributed by atoms with Gasteiger partial charge in [0.25, 0.3) is 0 Å². The average molecular weight is 785 g/mol. The number of nitrogens with one attached hydrogen (secondary N) is 4. The predicted octanol–water partition coefficient (Wildman–Crippen LogP) is 5.93. The molecule has 16 nitrogen and oxygen atoms in total. The predicted molar refractivity (Wildman–Crippen MR) is 209 cm³/mol. The molecule has 4 aromatic heterocycles. The highest BCUT2D eigenvalue weighted by Gasteiger charge is 2.39. The molecule has 4 amide bonds. The second-order valence-electron chi connectivity index (χ2n) is 14.9. The van der Waals surface area contributed by atoms with Gasteiger partial charge in [-0.05, 0) is 48.6 Å². The van der Waals surface area contributed by atoms with Crippen molar-refractivity contribution in [1.82, 2.24) is 49.8 Å². The van der Waals surface area contributed by atoms with Gasteiger partial charge in [0.1, 0.15) is 29.4 Å². The van der Waals surface area contributed by atoms with Gasteiger partial charge >= 0.3 is 12.2 Å². The van der Waals surface area contributed by atoms with Crippen molar-refractivity contribution in [2.45, 2.75) is 77.5 Å². The van der Waals surface area contributed by atoms with E-state index in [1.165, 1.54) is 14.2 Å². The fourth-order valence-electron chi connectivity index (χ4n) is 7.55. The fourth-order valence-corrected chi connectivity index (χ4v) is 8.52. The summed E-state index contributed by atoms with van der Waals surface area (Å²) in [6.45, 7) is 8.76. The first-order chi connectivity index (χ1) is 26.9. The number of imidazole rings is 3. The number of ether oxygens (including phenoxy) is 2. The molecule has 6 heterocycles. The standard InChI is InChI=1S/C39H48N10O6S/c1-21(2)31(45-38(52)54-5)35(50)48-15-7-9-28(48)33-40-17-25(42-33)23-11-13-24(14-12-23)30-20-47-19-27(44-37(47)56-30)26-18-41-34(43-26)29-10-8-16-49(29)36(51)32(22(3)4)46-39(53)55-6/h11-14,17-22,28-29,31-32H,7-10,15-16H2,1-6H3,(H,40,42)(H,41,43)(H,45,52)(H,46,53)/t28-,29?,31-,32-/m0/s1. The number of nitrogens with zero attached hydrogens (tertiary/aromatic N) is 6. The summed E-state index contributed by atoms with van der Waals surface area (Å²) in [5, 5.41) is 5.38. The molecule has 7 rings (SSSR count). The smallest absolute Gasteiger partial charge is 0.407 e. The Hall–Kier alpha value is -5.71. The van der Waals surface area contributed by atoms with Crippen LogP contribution in [0.25, 0.3) is 38.0 Å². The van der Waals surface area contributed by atoms with Crippen LogP contribution in [-0.4, -0.2) is 103 Å². The molecule has 2 aliphatic rings. The van der Waals surface area contributed by atoms with Gasteiger partial charge in [-0.1, -0.05) is 63.3 Å². The first-order valence-corrected chi connectivity index (χ1v) is 19.8. The van der Waals surface area contributed by atoms with E-state index >= 15 is 0 Å². The molecule has 2 fully saturated rings. The number of rotatable bonds is 11. The third kappa shape index (κ3) is 7.72. The Morgan fingerprint density at radius 2 is 1.25 bits per heavy atom. The molecule has 5 aromatic rings. The third-order valence-corrected chi connectivity index (χ3v) is 11.6. The van der Waals surface area contributed by atoms with Gasteiger partial charge < -0.3 is 39.9 Å². The number of amides is 4. The summed E-state index contributed by atoms with van der Waals surface area (Å²) in [4.78, 5) is 77.5. The van der Waals surface area contributed by atoms with E-state index in [-0.39, 0.29) is 35.7 Å². The lowest BCUT2D eigenvalue weighted by Crippen LogP contribution is -2.51. The van der Waals surface area contributed by atoms with Gasteiger partial charge in [-0.15, -0.1) is 0 Å². The van der Waals surface area contributed by atoms with E-state index in [4.69, 9.17) is 14.5 Å². The number of aromatic nitrogens is 6. The van der Waals surface area contributed by atoms with Gasteiger partial charge in [0.05, 0.1) is 55.0 Å². The van der Waals surface area contributed by atoms with Crippen molar-refractivity contribution in [3.63, 3.8) is 0 Å². The lowest BCUT2D eigenvalue weighted by Gasteiger charge is -2.30. The zero-order valence-corrected chi connectivity index (χ0v) is 33.2. The highest BCUT2D eigenvalue weighted by Crippen LogP contribution is 2.36. The zero-order valence-electron chi connectivity index (χ0n) is 32.4. The Bertz CT molecular complexity index is 2170. The molecule has 2 aliphatic heterocycles. The Labute approximate surface area is 328 Å². The number of thiazole rings is 1. The van der Waals surface area contributed by atoms with Gasteiger partial charge in [0.15, 0.2) is 4.96 Å². The van der Waals surface area contributed by atoms with Gasteiger partial charge in [0, 0.05) is 25.5 Å². The molecule has 0 saturated carbocycles. The Morgan fingerprint density at radius 3 is 1.75 bits per heavy atom. The highest BCUT2D eigenvalue weighted by atomic mass is 32.1. The van der Waals surface area contributed by atoms with Crippen molar-refractivity contribution in [3.05, 3.63) is 60.7 Å². The maximum absolute atomic E-state index is 13.5. The molecular weight excluding hydrogens is 737 g/mol. The lowest BCUT2D eigenvalue weighted by atomic mass is 10.0. The summed E-state index contributed by atoms with van der Waals surface area (Å²) in [7, 11) is 2.57. The second-order valence-corrected chi connectivity index (χ2v) is 16.0. The molecule has 1 unspecified atom stereocenters. The Kier molecular flexibility index (Phi) is 11.1. The van der Waals surface area contributed by atoms with Gasteiger partial charge in [-0.2, -0.15) is 0 Å². The van der Waals surface area contributed by atoms with Crippen molar-refractivity contribution in [2.24, 2.45) is 11.8 Å². The van der Waals surface area contributed by atoms with E-state index in [1.807, 2.05) is 50.4 Å². The number of aromatic amines is 2. The maximum atomic E-state index is 13.5. The molecule has 1 aromatic carbocycles. The molecule has 56 heavy (non-hydrogen) atoms. The first-order valence-electron chi connectivity index (χ1n) is 18.9. The van der Waals surface area contributed by atoms with Crippen LogP contribution in [-0.2, 0) is 19.1 Å². The molecule has 0 bridgehead atoms. The van der Waals surface area contributed by atoms with Crippen LogP contribution in [0, 0.1) is 11.8 Å². The van der Waals surface area contributed by atoms with Crippen LogP contribution in [0.5, 0.6) is 0 Å². The summed E-state index contributed by atoms with van der Waals surface area (Å²) in [5.41, 5.74) is 4.38. The second kappa shape index (κ2) is 16.2. The number of methoxy groups -OCH3 is 2. The van der Waals surface area contributed by atoms with Crippen LogP contribution >= 0.6 is 11.3 Å². The number of likely N-dealkylation sites (tertiary alicyclic amines) is 2. The molecule has 0 spiro atoms. The molecular formula is C39H48N10O6S. The molecule has 4 atom stereocenters. The van der Waals surface area contributed by atoms with Gasteiger partial charge in [-0.3, -0.25) is 14.0 Å². The lowest BCUT2D eigenvalue weighted by molar-refractivity contribution is -0.136. The summed E-state index contributed by atoms with van der Waals surface area (Å²) in [6.07, 6.45) is 9.54. The van der Waals surface area contributed by atoms with Crippen LogP contribution in [0.4, 0.5) is 9.59 Å². The van der Waals surface area contributed by atoms with Crippen LogP contribution in [0.15, 0.2) is 49.1 Å². The molecule has 0 radical (unpaired) electrons. The quantitative estimate of drug-likeness (QED) is 0.126. The van der Waals surface area contributed by atoms with Crippen molar-refractivity contribution >= 4 is 40.3 Å². The molecule has 296 valence electrons. The van der Waals surface area contributed by atoms with Crippen LogP contribution in [0.1, 0.15) is 77.1 Å². The number of carbonyl (C=O) groups is 4. The van der Waals surface area contributed by atoms with Gasteiger partial charge in [-0.25, -0.2) is 24.5 Å². The topological polar surface area (TPSA) is 192 Å². The third-order valence-electron chi connectivity index (χ3n) is 10.6. The van der Waals surface area contributed by atoms with Crippen molar-refractivity contribution in [2.75, 3.05) is 27.3 Å².